The first-order chi connectivity index (χ1) is 8.82. The van der Waals surface area contributed by atoms with Gasteiger partial charge in [-0.05, 0) is 23.6 Å². The minimum absolute atomic E-state index is 0.110. The summed E-state index contributed by atoms with van der Waals surface area (Å²) in [5.41, 5.74) is 1.07. The monoisotopic (exact) mass is 267 g/mol. The maximum atomic E-state index is 10.5. The fourth-order valence-corrected chi connectivity index (χ4v) is 1.08. The summed E-state index contributed by atoms with van der Waals surface area (Å²) in [5, 5.41) is 19.7. The molecule has 3 N–H and O–H groups in total. The summed E-state index contributed by atoms with van der Waals surface area (Å²) < 4.78 is 0. The zero-order valence-corrected chi connectivity index (χ0v) is 11.5. The summed E-state index contributed by atoms with van der Waals surface area (Å²) in [6.45, 7) is 6.80. The molecule has 0 aliphatic rings. The Morgan fingerprint density at radius 1 is 1.11 bits per heavy atom. The third kappa shape index (κ3) is 9.79. The van der Waals surface area contributed by atoms with Gasteiger partial charge >= 0.3 is 11.9 Å². The molecule has 0 fully saturated rings. The molecule has 106 valence electrons. The van der Waals surface area contributed by atoms with E-state index >= 15 is 0 Å². The normalized spacial score (nSPS) is 9.68. The highest BCUT2D eigenvalue weighted by atomic mass is 16.4. The van der Waals surface area contributed by atoms with E-state index in [0.29, 0.717) is 6.54 Å². The van der Waals surface area contributed by atoms with Crippen molar-refractivity contribution >= 4 is 11.9 Å². The molecule has 5 nitrogen and oxygen atoms in total. The van der Waals surface area contributed by atoms with Gasteiger partial charge in [-0.1, -0.05) is 32.9 Å². The summed E-state index contributed by atoms with van der Waals surface area (Å²) in [6, 6.07) is 6.27. The van der Waals surface area contributed by atoms with E-state index in [2.05, 4.69) is 26.1 Å². The molecule has 19 heavy (non-hydrogen) atoms. The number of carboxylic acids is 2. The van der Waals surface area contributed by atoms with Crippen LogP contribution in [0.2, 0.25) is 0 Å². The molecule has 0 unspecified atom stereocenters. The van der Waals surface area contributed by atoms with Gasteiger partial charge in [-0.25, -0.2) is 4.79 Å². The van der Waals surface area contributed by atoms with Crippen LogP contribution in [0.4, 0.5) is 0 Å². The zero-order chi connectivity index (χ0) is 14.8. The first kappa shape index (κ1) is 17.1. The number of rotatable bonds is 5. The van der Waals surface area contributed by atoms with Crippen molar-refractivity contribution in [3.8, 4) is 0 Å². The van der Waals surface area contributed by atoms with Gasteiger partial charge in [0.15, 0.2) is 0 Å². The second kappa shape index (κ2) is 9.10. The summed E-state index contributed by atoms with van der Waals surface area (Å²) in [4.78, 5) is 20.7. The lowest BCUT2D eigenvalue weighted by molar-refractivity contribution is -0.136. The molecule has 1 aromatic carbocycles. The average Bonchev–Trinajstić information content (AvgIpc) is 2.28. The molecular formula is C14H21NO4. The van der Waals surface area contributed by atoms with Gasteiger partial charge in [-0.2, -0.15) is 0 Å². The van der Waals surface area contributed by atoms with Crippen LogP contribution in [-0.2, 0) is 11.3 Å². The second-order valence-corrected chi connectivity index (χ2v) is 4.73. The highest BCUT2D eigenvalue weighted by Crippen LogP contribution is 2.03. The van der Waals surface area contributed by atoms with Crippen LogP contribution >= 0.6 is 0 Å². The van der Waals surface area contributed by atoms with Gasteiger partial charge in [-0.15, -0.1) is 0 Å². The Labute approximate surface area is 113 Å². The van der Waals surface area contributed by atoms with Crippen molar-refractivity contribution in [2.45, 2.75) is 27.3 Å². The Balaban J connectivity index is 0.000000711. The molecule has 1 aromatic rings. The van der Waals surface area contributed by atoms with Crippen LogP contribution in [0.15, 0.2) is 24.3 Å². The lowest BCUT2D eigenvalue weighted by Crippen LogP contribution is -2.21. The van der Waals surface area contributed by atoms with Crippen LogP contribution in [0, 0.1) is 5.92 Å². The predicted molar refractivity (Wildman–Crippen MR) is 73.3 cm³/mol. The molecule has 0 amide bonds. The van der Waals surface area contributed by atoms with Crippen LogP contribution in [-0.4, -0.2) is 28.7 Å². The number of hydrogen-bond donors (Lipinski definition) is 3. The Morgan fingerprint density at radius 2 is 1.58 bits per heavy atom. The predicted octanol–water partition coefficient (Wildman–Crippen LogP) is 2.22. The molecular weight excluding hydrogens is 246 g/mol. The lowest BCUT2D eigenvalue weighted by atomic mass is 10.1. The van der Waals surface area contributed by atoms with Crippen LogP contribution in [0.3, 0.4) is 0 Å². The fraction of sp³-hybridized carbons (Fsp3) is 0.429. The molecule has 0 radical (unpaired) electrons. The zero-order valence-electron chi connectivity index (χ0n) is 11.5. The summed E-state index contributed by atoms with van der Waals surface area (Å²) >= 11 is 0. The summed E-state index contributed by atoms with van der Waals surface area (Å²) in [6.07, 6.45) is 0. The van der Waals surface area contributed by atoms with E-state index in [1.54, 1.807) is 12.1 Å². The SMILES string of the molecule is CC(C)C.O=C(O)CNCc1ccc(C(=O)O)cc1. The van der Waals surface area contributed by atoms with Gasteiger partial charge in [0, 0.05) is 6.54 Å². The third-order valence-electron chi connectivity index (χ3n) is 1.81. The summed E-state index contributed by atoms with van der Waals surface area (Å²) in [5.74, 6) is -1.06. The Morgan fingerprint density at radius 3 is 1.95 bits per heavy atom. The summed E-state index contributed by atoms with van der Waals surface area (Å²) in [7, 11) is 0. The number of benzene rings is 1. The first-order valence-corrected chi connectivity index (χ1v) is 6.07. The first-order valence-electron chi connectivity index (χ1n) is 6.07. The largest absolute Gasteiger partial charge is 0.480 e. The van der Waals surface area contributed by atoms with Gasteiger partial charge in [-0.3, -0.25) is 4.79 Å². The number of aliphatic carboxylic acids is 1. The Kier molecular flexibility index (Phi) is 8.20. The molecule has 0 saturated heterocycles. The van der Waals surface area contributed by atoms with Gasteiger partial charge in [0.05, 0.1) is 12.1 Å². The van der Waals surface area contributed by atoms with E-state index in [1.165, 1.54) is 12.1 Å². The molecule has 0 heterocycles. The molecule has 1 rings (SSSR count). The van der Waals surface area contributed by atoms with Crippen LogP contribution in [0.5, 0.6) is 0 Å². The Hall–Kier alpha value is -1.88. The van der Waals surface area contributed by atoms with Crippen molar-refractivity contribution < 1.29 is 19.8 Å². The van der Waals surface area contributed by atoms with Crippen LogP contribution in [0.1, 0.15) is 36.7 Å². The van der Waals surface area contributed by atoms with Crippen molar-refractivity contribution in [2.75, 3.05) is 6.54 Å². The van der Waals surface area contributed by atoms with Crippen molar-refractivity contribution in [3.63, 3.8) is 0 Å². The minimum Gasteiger partial charge on any atom is -0.480 e. The van der Waals surface area contributed by atoms with Gasteiger partial charge in [0.1, 0.15) is 0 Å². The van der Waals surface area contributed by atoms with E-state index in [-0.39, 0.29) is 12.1 Å². The number of carbonyl (C=O) groups is 2. The van der Waals surface area contributed by atoms with E-state index in [0.717, 1.165) is 11.5 Å². The molecule has 0 aliphatic carbocycles. The van der Waals surface area contributed by atoms with E-state index in [4.69, 9.17) is 10.2 Å². The molecule has 0 bridgehead atoms. The van der Waals surface area contributed by atoms with Crippen molar-refractivity contribution in [3.05, 3.63) is 35.4 Å². The fourth-order valence-electron chi connectivity index (χ4n) is 1.08. The maximum absolute atomic E-state index is 10.5. The molecule has 0 aliphatic heterocycles. The topological polar surface area (TPSA) is 86.6 Å². The van der Waals surface area contributed by atoms with Crippen LogP contribution in [0.25, 0.3) is 0 Å². The molecule has 0 atom stereocenters. The van der Waals surface area contributed by atoms with Crippen molar-refractivity contribution in [2.24, 2.45) is 5.92 Å². The van der Waals surface area contributed by atoms with Crippen molar-refractivity contribution in [1.82, 2.24) is 5.32 Å². The molecule has 0 aromatic heterocycles. The third-order valence-corrected chi connectivity index (χ3v) is 1.81. The number of nitrogens with one attached hydrogen (secondary N) is 1. The quantitative estimate of drug-likeness (QED) is 0.761. The number of hydrogen-bond acceptors (Lipinski definition) is 3. The standard InChI is InChI=1S/C10H11NO4.C4H10/c12-9(13)6-11-5-7-1-3-8(4-2-7)10(14)15;1-4(2)3/h1-4,11H,5-6H2,(H,12,13)(H,14,15);4H,1-3H3. The van der Waals surface area contributed by atoms with Gasteiger partial charge in [0.2, 0.25) is 0 Å². The highest BCUT2D eigenvalue weighted by molar-refractivity contribution is 5.87. The second-order valence-electron chi connectivity index (χ2n) is 4.73. The Bertz CT molecular complexity index is 396. The lowest BCUT2D eigenvalue weighted by Gasteiger charge is -2.02. The van der Waals surface area contributed by atoms with Gasteiger partial charge < -0.3 is 15.5 Å². The minimum atomic E-state index is -0.972. The highest BCUT2D eigenvalue weighted by Gasteiger charge is 2.01. The molecule has 5 heteroatoms. The van der Waals surface area contributed by atoms with Crippen LogP contribution < -0.4 is 5.32 Å². The van der Waals surface area contributed by atoms with E-state index in [1.807, 2.05) is 0 Å². The smallest absolute Gasteiger partial charge is 0.335 e. The van der Waals surface area contributed by atoms with Gasteiger partial charge in [0.25, 0.3) is 0 Å². The number of aromatic carboxylic acids is 1. The van der Waals surface area contributed by atoms with Crippen molar-refractivity contribution in [1.29, 1.82) is 0 Å². The molecule has 0 saturated carbocycles. The number of carboxylic acid groups (broad SMARTS) is 2. The van der Waals surface area contributed by atoms with E-state index < -0.39 is 11.9 Å². The average molecular weight is 267 g/mol. The molecule has 0 spiro atoms. The van der Waals surface area contributed by atoms with E-state index in [9.17, 15) is 9.59 Å². The maximum Gasteiger partial charge on any atom is 0.335 e.